The number of hydrogen-bond acceptors (Lipinski definition) is 5. The highest BCUT2D eigenvalue weighted by atomic mass is 32.2. The Hall–Kier alpha value is -4.35. The normalized spacial score (nSPS) is 11.4. The van der Waals surface area contributed by atoms with Crippen LogP contribution in [0.25, 0.3) is 0 Å². The first-order valence-electron chi connectivity index (χ1n) is 11.5. The fourth-order valence-electron chi connectivity index (χ4n) is 3.75. The van der Waals surface area contributed by atoms with Crippen LogP contribution in [0, 0.1) is 13.8 Å². The van der Waals surface area contributed by atoms with Gasteiger partial charge in [-0.1, -0.05) is 60.7 Å². The van der Waals surface area contributed by atoms with Crippen molar-refractivity contribution in [2.45, 2.75) is 23.6 Å². The van der Waals surface area contributed by atoms with Gasteiger partial charge in [-0.2, -0.15) is 0 Å². The number of hydrogen-bond donors (Lipinski definition) is 4. The van der Waals surface area contributed by atoms with Crippen molar-refractivity contribution in [3.63, 3.8) is 0 Å². The number of anilines is 4. The van der Waals surface area contributed by atoms with Gasteiger partial charge in [0, 0.05) is 0 Å². The Morgan fingerprint density at radius 2 is 0.816 bits per heavy atom. The van der Waals surface area contributed by atoms with Crippen LogP contribution in [-0.2, 0) is 20.0 Å². The van der Waals surface area contributed by atoms with Crippen molar-refractivity contribution in [1.29, 1.82) is 0 Å². The van der Waals surface area contributed by atoms with Crippen LogP contribution < -0.4 is 20.1 Å². The predicted molar refractivity (Wildman–Crippen MR) is 150 cm³/mol. The van der Waals surface area contributed by atoms with Gasteiger partial charge in [0.25, 0.3) is 20.0 Å². The first-order chi connectivity index (χ1) is 18.1. The van der Waals surface area contributed by atoms with Crippen LogP contribution in [0.15, 0.2) is 107 Å². The summed E-state index contributed by atoms with van der Waals surface area (Å²) < 4.78 is 56.9. The maximum atomic E-state index is 13.0. The molecule has 196 valence electrons. The summed E-state index contributed by atoms with van der Waals surface area (Å²) in [6, 6.07) is 25.1. The van der Waals surface area contributed by atoms with E-state index >= 15 is 0 Å². The van der Waals surface area contributed by atoms with Crippen LogP contribution in [0.5, 0.6) is 0 Å². The largest absolute Gasteiger partial charge is 0.323 e. The van der Waals surface area contributed by atoms with Gasteiger partial charge in [0.15, 0.2) is 0 Å². The molecular formula is C27H26N4O5S2. The first kappa shape index (κ1) is 26.7. The third-order valence-corrected chi connectivity index (χ3v) is 8.66. The van der Waals surface area contributed by atoms with E-state index in [1.165, 1.54) is 24.3 Å². The molecule has 0 aromatic heterocycles. The third-order valence-electron chi connectivity index (χ3n) is 5.61. The average Bonchev–Trinajstić information content (AvgIpc) is 2.86. The van der Waals surface area contributed by atoms with Crippen molar-refractivity contribution in [3.8, 4) is 0 Å². The highest BCUT2D eigenvalue weighted by Crippen LogP contribution is 2.28. The lowest BCUT2D eigenvalue weighted by Crippen LogP contribution is -2.23. The highest BCUT2D eigenvalue weighted by Gasteiger charge is 2.20. The number of carbonyl (C=O) groups is 1. The molecule has 4 N–H and O–H groups in total. The van der Waals surface area contributed by atoms with Crippen molar-refractivity contribution >= 4 is 48.8 Å². The molecule has 0 fully saturated rings. The molecule has 11 heteroatoms. The van der Waals surface area contributed by atoms with E-state index in [1.807, 2.05) is 0 Å². The lowest BCUT2D eigenvalue weighted by molar-refractivity contribution is 0.262. The number of aryl methyl sites for hydroxylation is 2. The molecule has 2 amide bonds. The Kier molecular flexibility index (Phi) is 7.70. The molecule has 0 bridgehead atoms. The van der Waals surface area contributed by atoms with Crippen LogP contribution in [0.1, 0.15) is 11.1 Å². The van der Waals surface area contributed by atoms with E-state index in [0.29, 0.717) is 11.1 Å². The van der Waals surface area contributed by atoms with Gasteiger partial charge >= 0.3 is 6.03 Å². The van der Waals surface area contributed by atoms with Crippen LogP contribution in [0.4, 0.5) is 27.5 Å². The minimum absolute atomic E-state index is 0.120. The Bertz CT molecular complexity index is 1580. The quantitative estimate of drug-likeness (QED) is 0.228. The lowest BCUT2D eigenvalue weighted by Gasteiger charge is -2.17. The predicted octanol–water partition coefficient (Wildman–Crippen LogP) is 5.55. The van der Waals surface area contributed by atoms with E-state index in [9.17, 15) is 21.6 Å². The second kappa shape index (κ2) is 11.0. The van der Waals surface area contributed by atoms with Gasteiger partial charge < -0.3 is 10.6 Å². The minimum Gasteiger partial charge on any atom is -0.306 e. The molecule has 0 saturated heterocycles. The smallest absolute Gasteiger partial charge is 0.306 e. The first-order valence-corrected chi connectivity index (χ1v) is 14.5. The monoisotopic (exact) mass is 550 g/mol. The van der Waals surface area contributed by atoms with E-state index in [2.05, 4.69) is 20.1 Å². The van der Waals surface area contributed by atoms with E-state index < -0.39 is 26.1 Å². The molecule has 4 aromatic rings. The van der Waals surface area contributed by atoms with Crippen molar-refractivity contribution in [2.24, 2.45) is 0 Å². The van der Waals surface area contributed by atoms with Gasteiger partial charge in [-0.25, -0.2) is 21.6 Å². The zero-order chi connectivity index (χ0) is 27.3. The molecule has 0 spiro atoms. The molecule has 0 atom stereocenters. The number of carbonyl (C=O) groups excluding carboxylic acids is 1. The van der Waals surface area contributed by atoms with Gasteiger partial charge in [0.05, 0.1) is 32.5 Å². The number of amides is 2. The number of nitrogens with one attached hydrogen (secondary N) is 4. The molecular weight excluding hydrogens is 524 g/mol. The van der Waals surface area contributed by atoms with Gasteiger partial charge in [-0.3, -0.25) is 9.44 Å². The zero-order valence-electron chi connectivity index (χ0n) is 20.6. The summed E-state index contributed by atoms with van der Waals surface area (Å²) in [5.41, 5.74) is 1.90. The van der Waals surface area contributed by atoms with Gasteiger partial charge in [-0.05, 0) is 61.4 Å². The number of rotatable bonds is 8. The van der Waals surface area contributed by atoms with E-state index in [1.54, 1.807) is 86.6 Å². The molecule has 4 aromatic carbocycles. The van der Waals surface area contributed by atoms with Crippen molar-refractivity contribution in [3.05, 3.63) is 108 Å². The standard InChI is InChI=1S/C27H26N4O5S2/c1-19-11-3-9-17-25(19)37(33,34)30-23-15-7-5-13-21(23)28-27(32)29-22-14-6-8-16-24(22)31-38(35,36)26-18-10-4-12-20(26)2/h3-18,30-31H,1-2H3,(H2,28,29,32). The third kappa shape index (κ3) is 6.13. The van der Waals surface area contributed by atoms with Crippen LogP contribution in [0.2, 0.25) is 0 Å². The fraction of sp³-hybridized carbons (Fsp3) is 0.0741. The summed E-state index contributed by atoms with van der Waals surface area (Å²) in [6.07, 6.45) is 0. The number of benzene rings is 4. The fourth-order valence-corrected chi connectivity index (χ4v) is 6.41. The van der Waals surface area contributed by atoms with Crippen molar-refractivity contribution in [2.75, 3.05) is 20.1 Å². The Balaban J connectivity index is 1.53. The lowest BCUT2D eigenvalue weighted by atomic mass is 10.2. The Morgan fingerprint density at radius 1 is 0.500 bits per heavy atom. The van der Waals surface area contributed by atoms with Crippen LogP contribution in [0.3, 0.4) is 0 Å². The van der Waals surface area contributed by atoms with Crippen LogP contribution in [-0.4, -0.2) is 22.9 Å². The molecule has 38 heavy (non-hydrogen) atoms. The molecule has 0 aliphatic heterocycles. The van der Waals surface area contributed by atoms with Crippen molar-refractivity contribution in [1.82, 2.24) is 0 Å². The molecule has 0 radical (unpaired) electrons. The minimum atomic E-state index is -3.92. The summed E-state index contributed by atoms with van der Waals surface area (Å²) in [5, 5.41) is 5.25. The maximum absolute atomic E-state index is 13.0. The second-order valence-corrected chi connectivity index (χ2v) is 11.7. The van der Waals surface area contributed by atoms with Gasteiger partial charge in [0.2, 0.25) is 0 Å². The van der Waals surface area contributed by atoms with E-state index in [-0.39, 0.29) is 32.5 Å². The molecule has 0 heterocycles. The molecule has 0 aliphatic carbocycles. The second-order valence-electron chi connectivity index (χ2n) is 8.41. The molecule has 9 nitrogen and oxygen atoms in total. The van der Waals surface area contributed by atoms with E-state index in [0.717, 1.165) is 0 Å². The SMILES string of the molecule is Cc1ccccc1S(=O)(=O)Nc1ccccc1NC(=O)Nc1ccccc1NS(=O)(=O)c1ccccc1C. The van der Waals surface area contributed by atoms with Crippen LogP contribution >= 0.6 is 0 Å². The summed E-state index contributed by atoms with van der Waals surface area (Å²) in [5.74, 6) is 0. The summed E-state index contributed by atoms with van der Waals surface area (Å²) in [6.45, 7) is 3.38. The summed E-state index contributed by atoms with van der Waals surface area (Å²) in [7, 11) is -7.83. The highest BCUT2D eigenvalue weighted by molar-refractivity contribution is 7.93. The van der Waals surface area contributed by atoms with E-state index in [4.69, 9.17) is 0 Å². The summed E-state index contributed by atoms with van der Waals surface area (Å²) in [4.78, 5) is 13.1. The summed E-state index contributed by atoms with van der Waals surface area (Å²) >= 11 is 0. The molecule has 0 saturated carbocycles. The molecule has 0 unspecified atom stereocenters. The van der Waals surface area contributed by atoms with Crippen molar-refractivity contribution < 1.29 is 21.6 Å². The van der Waals surface area contributed by atoms with Gasteiger partial charge in [0.1, 0.15) is 0 Å². The zero-order valence-corrected chi connectivity index (χ0v) is 22.2. The maximum Gasteiger partial charge on any atom is 0.323 e. The number of para-hydroxylation sites is 4. The average molecular weight is 551 g/mol. The number of urea groups is 1. The number of sulfonamides is 2. The Morgan fingerprint density at radius 3 is 1.18 bits per heavy atom. The molecule has 4 rings (SSSR count). The Labute approximate surface area is 222 Å². The topological polar surface area (TPSA) is 133 Å². The molecule has 0 aliphatic rings. The van der Waals surface area contributed by atoms with Gasteiger partial charge in [-0.15, -0.1) is 0 Å².